The van der Waals surface area contributed by atoms with Crippen LogP contribution >= 0.6 is 0 Å². The third kappa shape index (κ3) is 3.33. The van der Waals surface area contributed by atoms with Crippen LogP contribution in [0.15, 0.2) is 18.2 Å². The molecular weight excluding hydrogens is 226 g/mol. The van der Waals surface area contributed by atoms with E-state index in [-0.39, 0.29) is 12.5 Å². The molecule has 1 aromatic carbocycles. The largest absolute Gasteiger partial charge is 0.481 e. The van der Waals surface area contributed by atoms with E-state index < -0.39 is 11.9 Å². The van der Waals surface area contributed by atoms with Crippen molar-refractivity contribution in [3.05, 3.63) is 34.9 Å². The van der Waals surface area contributed by atoms with Gasteiger partial charge in [-0.2, -0.15) is 0 Å². The highest BCUT2D eigenvalue weighted by molar-refractivity contribution is 5.70. The Morgan fingerprint density at radius 3 is 2.28 bits per heavy atom. The molecule has 2 atom stereocenters. The van der Waals surface area contributed by atoms with Gasteiger partial charge in [0.15, 0.2) is 0 Å². The smallest absolute Gasteiger partial charge is 0.307 e. The van der Waals surface area contributed by atoms with Crippen LogP contribution in [0.1, 0.15) is 42.4 Å². The van der Waals surface area contributed by atoms with Crippen molar-refractivity contribution in [2.45, 2.75) is 39.5 Å². The van der Waals surface area contributed by atoms with Crippen molar-refractivity contribution >= 4 is 5.97 Å². The maximum Gasteiger partial charge on any atom is 0.307 e. The minimum atomic E-state index is -0.790. The van der Waals surface area contributed by atoms with E-state index in [1.54, 1.807) is 0 Å². The van der Waals surface area contributed by atoms with Crippen LogP contribution in [0.5, 0.6) is 0 Å². The highest BCUT2D eigenvalue weighted by Crippen LogP contribution is 2.31. The van der Waals surface area contributed by atoms with Crippen molar-refractivity contribution in [2.24, 2.45) is 11.7 Å². The second kappa shape index (κ2) is 6.55. The predicted molar refractivity (Wildman–Crippen MR) is 73.7 cm³/mol. The molecule has 0 fully saturated rings. The third-order valence-corrected chi connectivity index (χ3v) is 3.65. The minimum Gasteiger partial charge on any atom is -0.481 e. The summed E-state index contributed by atoms with van der Waals surface area (Å²) in [6.07, 6.45) is 1.56. The van der Waals surface area contributed by atoms with Crippen molar-refractivity contribution in [3.63, 3.8) is 0 Å². The van der Waals surface area contributed by atoms with Crippen LogP contribution in [0.4, 0.5) is 0 Å². The number of rotatable bonds is 6. The van der Waals surface area contributed by atoms with E-state index in [2.05, 4.69) is 32.9 Å². The standard InChI is InChI=1S/C15H23NO2/c1-4-12(8-13(9-16)15(17)18)14-10(2)6-5-7-11(14)3/h5-7,12-13H,4,8-9,16H2,1-3H3,(H,17,18). The Labute approximate surface area is 109 Å². The normalized spacial score (nSPS) is 14.2. The van der Waals surface area contributed by atoms with E-state index >= 15 is 0 Å². The Bertz CT molecular complexity index is 395. The molecule has 0 bridgehead atoms. The molecule has 3 nitrogen and oxygen atoms in total. The summed E-state index contributed by atoms with van der Waals surface area (Å²) in [5.74, 6) is -0.966. The van der Waals surface area contributed by atoms with Crippen molar-refractivity contribution < 1.29 is 9.90 Å². The van der Waals surface area contributed by atoms with E-state index in [0.29, 0.717) is 6.42 Å². The summed E-state index contributed by atoms with van der Waals surface area (Å²) in [5, 5.41) is 9.12. The monoisotopic (exact) mass is 249 g/mol. The predicted octanol–water partition coefficient (Wildman–Crippen LogP) is 2.85. The van der Waals surface area contributed by atoms with Gasteiger partial charge in [-0.15, -0.1) is 0 Å². The number of carbonyl (C=O) groups is 1. The summed E-state index contributed by atoms with van der Waals surface area (Å²) < 4.78 is 0. The number of carboxylic acids is 1. The first kappa shape index (κ1) is 14.7. The lowest BCUT2D eigenvalue weighted by Crippen LogP contribution is -2.25. The van der Waals surface area contributed by atoms with E-state index in [1.807, 2.05) is 6.07 Å². The van der Waals surface area contributed by atoms with Crippen molar-refractivity contribution in [2.75, 3.05) is 6.54 Å². The number of nitrogens with two attached hydrogens (primary N) is 1. The summed E-state index contributed by atoms with van der Waals surface area (Å²) in [6, 6.07) is 6.21. The summed E-state index contributed by atoms with van der Waals surface area (Å²) in [7, 11) is 0. The molecule has 0 spiro atoms. The first-order valence-corrected chi connectivity index (χ1v) is 6.50. The van der Waals surface area contributed by atoms with Crippen LogP contribution in [-0.4, -0.2) is 17.6 Å². The molecule has 100 valence electrons. The maximum absolute atomic E-state index is 11.1. The molecule has 0 saturated heterocycles. The topological polar surface area (TPSA) is 63.3 Å². The van der Waals surface area contributed by atoms with Crippen molar-refractivity contribution in [1.29, 1.82) is 0 Å². The van der Waals surface area contributed by atoms with Crippen molar-refractivity contribution in [1.82, 2.24) is 0 Å². The maximum atomic E-state index is 11.1. The van der Waals surface area contributed by atoms with Crippen LogP contribution in [0.25, 0.3) is 0 Å². The van der Waals surface area contributed by atoms with Gasteiger partial charge in [-0.1, -0.05) is 25.1 Å². The Hall–Kier alpha value is -1.35. The first-order chi connectivity index (χ1) is 8.51. The van der Waals surface area contributed by atoms with Crippen LogP contribution in [0, 0.1) is 19.8 Å². The quantitative estimate of drug-likeness (QED) is 0.814. The molecule has 2 unspecified atom stereocenters. The van der Waals surface area contributed by atoms with Crippen molar-refractivity contribution in [3.8, 4) is 0 Å². The number of benzene rings is 1. The molecule has 0 aromatic heterocycles. The Morgan fingerprint density at radius 2 is 1.89 bits per heavy atom. The second-order valence-electron chi connectivity index (χ2n) is 4.92. The van der Waals surface area contributed by atoms with Gasteiger partial charge in [-0.05, 0) is 49.3 Å². The van der Waals surface area contributed by atoms with Crippen LogP contribution in [0.2, 0.25) is 0 Å². The Kier molecular flexibility index (Phi) is 5.35. The summed E-state index contributed by atoms with van der Waals surface area (Å²) in [5.41, 5.74) is 9.32. The lowest BCUT2D eigenvalue weighted by atomic mass is 9.82. The molecule has 0 aliphatic heterocycles. The number of carboxylic acid groups (broad SMARTS) is 1. The van der Waals surface area contributed by atoms with E-state index in [0.717, 1.165) is 6.42 Å². The van der Waals surface area contributed by atoms with E-state index in [1.165, 1.54) is 16.7 Å². The van der Waals surface area contributed by atoms with Gasteiger partial charge in [0.1, 0.15) is 0 Å². The fourth-order valence-electron chi connectivity index (χ4n) is 2.60. The van der Waals surface area contributed by atoms with Gasteiger partial charge in [-0.3, -0.25) is 4.79 Å². The van der Waals surface area contributed by atoms with Gasteiger partial charge in [-0.25, -0.2) is 0 Å². The molecule has 3 N–H and O–H groups in total. The lowest BCUT2D eigenvalue weighted by Gasteiger charge is -2.23. The lowest BCUT2D eigenvalue weighted by molar-refractivity contribution is -0.141. The van der Waals surface area contributed by atoms with E-state index in [9.17, 15) is 4.79 Å². The SMILES string of the molecule is CCC(CC(CN)C(=O)O)c1c(C)cccc1C. The van der Waals surface area contributed by atoms with Gasteiger partial charge in [0.25, 0.3) is 0 Å². The summed E-state index contributed by atoms with van der Waals surface area (Å²) >= 11 is 0. The number of hydrogen-bond acceptors (Lipinski definition) is 2. The van der Waals surface area contributed by atoms with Crippen LogP contribution in [-0.2, 0) is 4.79 Å². The minimum absolute atomic E-state index is 0.205. The number of hydrogen-bond donors (Lipinski definition) is 2. The fourth-order valence-corrected chi connectivity index (χ4v) is 2.60. The van der Waals surface area contributed by atoms with Gasteiger partial charge in [0.05, 0.1) is 5.92 Å². The summed E-state index contributed by atoms with van der Waals surface area (Å²) in [6.45, 7) is 6.48. The second-order valence-corrected chi connectivity index (χ2v) is 4.92. The van der Waals surface area contributed by atoms with E-state index in [4.69, 9.17) is 10.8 Å². The van der Waals surface area contributed by atoms with Crippen LogP contribution in [0.3, 0.4) is 0 Å². The molecule has 0 aliphatic rings. The Balaban J connectivity index is 2.99. The average molecular weight is 249 g/mol. The molecule has 0 aliphatic carbocycles. The first-order valence-electron chi connectivity index (χ1n) is 6.50. The van der Waals surface area contributed by atoms with Gasteiger partial charge in [0.2, 0.25) is 0 Å². The molecule has 3 heteroatoms. The molecule has 0 radical (unpaired) electrons. The zero-order chi connectivity index (χ0) is 13.7. The zero-order valence-electron chi connectivity index (χ0n) is 11.4. The number of aryl methyl sites for hydroxylation is 2. The number of aliphatic carboxylic acids is 1. The highest BCUT2D eigenvalue weighted by Gasteiger charge is 2.23. The van der Waals surface area contributed by atoms with Gasteiger partial charge >= 0.3 is 5.97 Å². The van der Waals surface area contributed by atoms with Gasteiger partial charge < -0.3 is 10.8 Å². The molecule has 0 heterocycles. The molecule has 18 heavy (non-hydrogen) atoms. The molecule has 1 rings (SSSR count). The molecule has 0 saturated carbocycles. The highest BCUT2D eigenvalue weighted by atomic mass is 16.4. The van der Waals surface area contributed by atoms with Crippen LogP contribution < -0.4 is 5.73 Å². The molecular formula is C15H23NO2. The summed E-state index contributed by atoms with van der Waals surface area (Å²) in [4.78, 5) is 11.1. The third-order valence-electron chi connectivity index (χ3n) is 3.65. The molecule has 0 amide bonds. The average Bonchev–Trinajstić information content (AvgIpc) is 2.32. The zero-order valence-corrected chi connectivity index (χ0v) is 11.4. The Morgan fingerprint density at radius 1 is 1.33 bits per heavy atom. The van der Waals surface area contributed by atoms with Gasteiger partial charge in [0, 0.05) is 6.54 Å². The molecule has 1 aromatic rings. The fraction of sp³-hybridized carbons (Fsp3) is 0.533.